The van der Waals surface area contributed by atoms with Gasteiger partial charge >= 0.3 is 6.85 Å². The molecule has 6 aromatic rings. The summed E-state index contributed by atoms with van der Waals surface area (Å²) in [6, 6.07) is 51.6. The van der Waals surface area contributed by atoms with Crippen molar-refractivity contribution in [1.29, 1.82) is 0 Å². The predicted octanol–water partition coefficient (Wildman–Crippen LogP) is 7.60. The number of nitrogens with zero attached hydrogens (tertiary/aromatic N) is 5. The fraction of sp³-hybridized carbons (Fsp3) is 0.0500. The van der Waals surface area contributed by atoms with Crippen molar-refractivity contribution in [2.24, 2.45) is 0 Å². The molecule has 0 aliphatic carbocycles. The molecule has 0 saturated carbocycles. The van der Waals surface area contributed by atoms with Crippen LogP contribution in [0.15, 0.2) is 121 Å². The Morgan fingerprint density at radius 2 is 0.872 bits per heavy atom. The van der Waals surface area contributed by atoms with Gasteiger partial charge in [-0.1, -0.05) is 106 Å². The number of fused-ring (bicyclic) bond motifs is 13. The van der Waals surface area contributed by atoms with Gasteiger partial charge in [0.05, 0.1) is 0 Å². The molecule has 4 aliphatic heterocycles. The van der Waals surface area contributed by atoms with Gasteiger partial charge in [-0.05, 0) is 38.4 Å². The zero-order valence-corrected chi connectivity index (χ0v) is 27.4. The van der Waals surface area contributed by atoms with E-state index in [1.165, 1.54) is 44.6 Å². The molecule has 0 bridgehead atoms. The maximum absolute atomic E-state index is 3.94. The third kappa shape index (κ3) is 4.00. The second kappa shape index (κ2) is 10.5. The summed E-state index contributed by atoms with van der Waals surface area (Å²) in [6.45, 7) is 4.29. The third-order valence-corrected chi connectivity index (χ3v) is 9.79. The van der Waals surface area contributed by atoms with E-state index in [0.717, 1.165) is 34.1 Å². The topological polar surface area (TPSA) is 16.2 Å². The Balaban J connectivity index is 0.00000302. The first-order valence-corrected chi connectivity index (χ1v) is 15.7. The number of anilines is 8. The summed E-state index contributed by atoms with van der Waals surface area (Å²) in [4.78, 5) is 11.3. The summed E-state index contributed by atoms with van der Waals surface area (Å²) in [5.41, 5.74) is 16.3. The molecule has 0 atom stereocenters. The van der Waals surface area contributed by atoms with E-state index in [-0.39, 0.29) is 27.3 Å². The summed E-state index contributed by atoms with van der Waals surface area (Å²) in [7, 11) is 4.20. The van der Waals surface area contributed by atoms with Gasteiger partial charge in [-0.3, -0.25) is 0 Å². The van der Waals surface area contributed by atoms with Crippen LogP contribution >= 0.6 is 0 Å². The Labute approximate surface area is 290 Å². The molecule has 0 amide bonds. The van der Waals surface area contributed by atoms with Gasteiger partial charge in [0.1, 0.15) is 0 Å². The van der Waals surface area contributed by atoms with Crippen molar-refractivity contribution < 1.29 is 20.4 Å². The molecule has 4 aliphatic rings. The summed E-state index contributed by atoms with van der Waals surface area (Å²) in [5.74, 6) is 0. The van der Waals surface area contributed by atoms with Crippen LogP contribution in [0.4, 0.5) is 45.5 Å². The normalized spacial score (nSPS) is 14.9. The van der Waals surface area contributed by atoms with Crippen LogP contribution in [0.5, 0.6) is 0 Å². The molecular weight excluding hydrogens is 668 g/mol. The van der Waals surface area contributed by atoms with Crippen molar-refractivity contribution in [3.05, 3.63) is 147 Å². The molecule has 0 radical (unpaired) electrons. The molecule has 0 saturated heterocycles. The molecule has 0 fully saturated rings. The van der Waals surface area contributed by atoms with Crippen LogP contribution in [0.3, 0.4) is 0 Å². The molecule has 230 valence electrons. The fourth-order valence-corrected chi connectivity index (χ4v) is 7.73. The van der Waals surface area contributed by atoms with Crippen LogP contribution in [-0.4, -0.2) is 20.9 Å². The van der Waals surface area contributed by atoms with Crippen molar-refractivity contribution >= 4 is 63.3 Å². The molecule has 5 nitrogen and oxygen atoms in total. The maximum Gasteiger partial charge on any atom is 0.324 e. The Morgan fingerprint density at radius 1 is 0.468 bits per heavy atom. The zero-order valence-electron chi connectivity index (χ0n) is 25.8. The van der Waals surface area contributed by atoms with Gasteiger partial charge in [0.25, 0.3) is 0 Å². The molecule has 0 N–H and O–H groups in total. The van der Waals surface area contributed by atoms with E-state index in [2.05, 4.69) is 185 Å². The number of hydrogen-bond acceptors (Lipinski definition) is 5. The Bertz CT molecular complexity index is 2060. The van der Waals surface area contributed by atoms with Crippen LogP contribution < -0.4 is 35.3 Å². The van der Waals surface area contributed by atoms with Crippen molar-refractivity contribution in [3.63, 3.8) is 0 Å². The minimum Gasteiger partial charge on any atom is -0.504 e. The first kappa shape index (κ1) is 28.3. The maximum atomic E-state index is 3.94. The molecule has 0 unspecified atom stereocenters. The summed E-state index contributed by atoms with van der Waals surface area (Å²) < 4.78 is 0. The van der Waals surface area contributed by atoms with Gasteiger partial charge in [0, 0.05) is 43.2 Å². The predicted molar refractivity (Wildman–Crippen MR) is 191 cm³/mol. The first-order chi connectivity index (χ1) is 22.7. The van der Waals surface area contributed by atoms with E-state index in [0.29, 0.717) is 0 Å². The van der Waals surface area contributed by atoms with E-state index < -0.39 is 0 Å². The number of hydrogen-bond donors (Lipinski definition) is 0. The standard InChI is InChI=1S/C40H28BN5.Pd/c1-42-25-44(37-17-9-7-15-35(37)42)27-19-21-31-29-11-3-5-13-33(29)41-34-14-6-4-12-30(34)32-22-20-28(24-40(32)46(41)39(31)23-27)45-26-43(2)36-16-8-10-18-38(36)45;/h3-22,25-26H,1-2H3;/q-4;. The van der Waals surface area contributed by atoms with E-state index >= 15 is 0 Å². The van der Waals surface area contributed by atoms with E-state index in [9.17, 15) is 0 Å². The van der Waals surface area contributed by atoms with E-state index in [1.54, 1.807) is 0 Å². The van der Waals surface area contributed by atoms with Gasteiger partial charge < -0.3 is 24.4 Å². The monoisotopic (exact) mass is 695 g/mol. The minimum absolute atomic E-state index is 0. The molecule has 0 aromatic heterocycles. The van der Waals surface area contributed by atoms with Crippen molar-refractivity contribution in [2.75, 3.05) is 38.5 Å². The number of benzene rings is 6. The van der Waals surface area contributed by atoms with Gasteiger partial charge in [0.2, 0.25) is 0 Å². The largest absolute Gasteiger partial charge is 0.504 e. The molecule has 6 aromatic carbocycles. The molecule has 10 rings (SSSR count). The van der Waals surface area contributed by atoms with Crippen molar-refractivity contribution in [2.45, 2.75) is 0 Å². The smallest absolute Gasteiger partial charge is 0.324 e. The van der Waals surface area contributed by atoms with Crippen molar-refractivity contribution in [1.82, 2.24) is 0 Å². The second-order valence-electron chi connectivity index (χ2n) is 12.3. The minimum atomic E-state index is -0.0135. The van der Waals surface area contributed by atoms with Gasteiger partial charge in [-0.2, -0.15) is 25.5 Å². The van der Waals surface area contributed by atoms with Crippen molar-refractivity contribution in [3.8, 4) is 22.3 Å². The first-order valence-electron chi connectivity index (χ1n) is 15.7. The number of para-hydroxylation sites is 4. The van der Waals surface area contributed by atoms with Crippen LogP contribution in [0.2, 0.25) is 0 Å². The van der Waals surface area contributed by atoms with Crippen LogP contribution in [0.25, 0.3) is 22.3 Å². The van der Waals surface area contributed by atoms with E-state index in [4.69, 9.17) is 0 Å². The SMILES string of the molecule is CN1[CH-]N(c2[c-]c3c(cc2)-c2ccccc2B2c4ccccc4-c4ccc(N5[CH-]N(C)c6ccccc65)[c-]c4N23)c2ccccc21.[Pd]. The molecular formula is C40H28BN5Pd-4. The Morgan fingerprint density at radius 3 is 1.34 bits per heavy atom. The third-order valence-electron chi connectivity index (χ3n) is 9.79. The fourth-order valence-electron chi connectivity index (χ4n) is 7.73. The molecule has 7 heteroatoms. The van der Waals surface area contributed by atoms with Crippen LogP contribution in [0, 0.1) is 25.5 Å². The number of rotatable bonds is 2. The zero-order chi connectivity index (χ0) is 30.5. The van der Waals surface area contributed by atoms with Gasteiger partial charge in [0.15, 0.2) is 0 Å². The quantitative estimate of drug-likeness (QED) is 0.137. The average molecular weight is 696 g/mol. The summed E-state index contributed by atoms with van der Waals surface area (Å²) in [6.07, 6.45) is 0. The second-order valence-corrected chi connectivity index (χ2v) is 12.3. The summed E-state index contributed by atoms with van der Waals surface area (Å²) >= 11 is 0. The Hall–Kier alpha value is -4.95. The van der Waals surface area contributed by atoms with Crippen LogP contribution in [-0.2, 0) is 20.4 Å². The molecule has 4 heterocycles. The molecule has 0 spiro atoms. The summed E-state index contributed by atoms with van der Waals surface area (Å²) in [5, 5.41) is 0. The average Bonchev–Trinajstić information content (AvgIpc) is 3.64. The van der Waals surface area contributed by atoms with Gasteiger partial charge in [-0.25, -0.2) is 0 Å². The van der Waals surface area contributed by atoms with E-state index in [1.807, 2.05) is 0 Å². The van der Waals surface area contributed by atoms with Crippen LogP contribution in [0.1, 0.15) is 0 Å². The Kier molecular flexibility index (Phi) is 6.34. The molecule has 47 heavy (non-hydrogen) atoms. The van der Waals surface area contributed by atoms with Gasteiger partial charge in [-0.15, -0.1) is 46.8 Å².